The lowest BCUT2D eigenvalue weighted by molar-refractivity contribution is -0.122. The Hall–Kier alpha value is -1.63. The molecular weight excluding hydrogens is 359 g/mol. The molecule has 0 bridgehead atoms. The Balaban J connectivity index is 2.05. The molecule has 1 aromatic carbocycles. The molecule has 2 rings (SSSR count). The summed E-state index contributed by atoms with van der Waals surface area (Å²) in [6, 6.07) is 4.75. The van der Waals surface area contributed by atoms with Gasteiger partial charge in [-0.15, -0.1) is 0 Å². The van der Waals surface area contributed by atoms with E-state index in [9.17, 15) is 9.59 Å². The number of carbonyl (C=O) groups is 2. The summed E-state index contributed by atoms with van der Waals surface area (Å²) >= 11 is 13.0. The van der Waals surface area contributed by atoms with Crippen LogP contribution >= 0.6 is 34.5 Å². The van der Waals surface area contributed by atoms with Crippen molar-refractivity contribution in [3.8, 4) is 5.75 Å². The van der Waals surface area contributed by atoms with E-state index < -0.39 is 6.10 Å². The Morgan fingerprint density at radius 1 is 1.35 bits per heavy atom. The first-order chi connectivity index (χ1) is 10.8. The van der Waals surface area contributed by atoms with Crippen molar-refractivity contribution in [2.24, 2.45) is 0 Å². The van der Waals surface area contributed by atoms with Gasteiger partial charge in [-0.2, -0.15) is 0 Å². The molecule has 0 spiro atoms. The molecule has 8 heteroatoms. The summed E-state index contributed by atoms with van der Waals surface area (Å²) in [6.07, 6.45) is -0.793. The van der Waals surface area contributed by atoms with Gasteiger partial charge in [0.25, 0.3) is 5.91 Å². The number of aryl methyl sites for hydroxylation is 1. The zero-order valence-electron chi connectivity index (χ0n) is 12.6. The van der Waals surface area contributed by atoms with Crippen LogP contribution in [0.5, 0.6) is 5.75 Å². The number of halogens is 2. The lowest BCUT2D eigenvalue weighted by atomic mass is 10.3. The average molecular weight is 373 g/mol. The van der Waals surface area contributed by atoms with Crippen molar-refractivity contribution in [1.82, 2.24) is 4.98 Å². The summed E-state index contributed by atoms with van der Waals surface area (Å²) in [7, 11) is 0. The second-order valence-corrected chi connectivity index (χ2v) is 6.66. The third kappa shape index (κ3) is 4.43. The number of rotatable bonds is 5. The first-order valence-electron chi connectivity index (χ1n) is 6.69. The zero-order chi connectivity index (χ0) is 17.1. The van der Waals surface area contributed by atoms with Crippen LogP contribution in [0.3, 0.4) is 0 Å². The van der Waals surface area contributed by atoms with E-state index in [1.807, 2.05) is 0 Å². The second kappa shape index (κ2) is 7.29. The third-order valence-electron chi connectivity index (χ3n) is 2.91. The molecular formula is C15H14Cl2N2O3S. The second-order valence-electron chi connectivity index (χ2n) is 4.81. The van der Waals surface area contributed by atoms with Crippen molar-refractivity contribution in [2.75, 3.05) is 5.32 Å². The van der Waals surface area contributed by atoms with Gasteiger partial charge in [0, 0.05) is 11.9 Å². The van der Waals surface area contributed by atoms with Crippen molar-refractivity contribution in [3.63, 3.8) is 0 Å². The van der Waals surface area contributed by atoms with Crippen LogP contribution in [-0.4, -0.2) is 22.8 Å². The molecule has 0 aliphatic carbocycles. The van der Waals surface area contributed by atoms with Gasteiger partial charge in [-0.05, 0) is 32.0 Å². The smallest absolute Gasteiger partial charge is 0.266 e. The monoisotopic (exact) mass is 372 g/mol. The SMILES string of the molecule is CC(=O)c1sc(NC(=O)[C@H](C)Oc2ccc(Cl)cc2Cl)nc1C. The predicted molar refractivity (Wildman–Crippen MR) is 92.0 cm³/mol. The van der Waals surface area contributed by atoms with E-state index in [0.29, 0.717) is 31.5 Å². The van der Waals surface area contributed by atoms with Crippen LogP contribution in [0.25, 0.3) is 0 Å². The van der Waals surface area contributed by atoms with E-state index in [1.54, 1.807) is 26.0 Å². The van der Waals surface area contributed by atoms with Gasteiger partial charge in [0.15, 0.2) is 17.0 Å². The van der Waals surface area contributed by atoms with Crippen LogP contribution in [0.2, 0.25) is 10.0 Å². The molecule has 1 amide bonds. The number of ether oxygens (including phenoxy) is 1. The number of hydrogen-bond donors (Lipinski definition) is 1. The number of amides is 1. The highest BCUT2D eigenvalue weighted by Gasteiger charge is 2.19. The lowest BCUT2D eigenvalue weighted by Gasteiger charge is -2.14. The van der Waals surface area contributed by atoms with Crippen LogP contribution in [0.15, 0.2) is 18.2 Å². The van der Waals surface area contributed by atoms with Crippen molar-refractivity contribution in [1.29, 1.82) is 0 Å². The van der Waals surface area contributed by atoms with Gasteiger partial charge >= 0.3 is 0 Å². The van der Waals surface area contributed by atoms with E-state index in [0.717, 1.165) is 11.3 Å². The number of aromatic nitrogens is 1. The molecule has 5 nitrogen and oxygen atoms in total. The Bertz CT molecular complexity index is 761. The van der Waals surface area contributed by atoms with Crippen molar-refractivity contribution in [3.05, 3.63) is 38.8 Å². The fourth-order valence-corrected chi connectivity index (χ4v) is 3.12. The minimum Gasteiger partial charge on any atom is -0.479 e. The molecule has 1 aromatic heterocycles. The minimum atomic E-state index is -0.793. The molecule has 2 aromatic rings. The summed E-state index contributed by atoms with van der Waals surface area (Å²) < 4.78 is 5.53. The van der Waals surface area contributed by atoms with E-state index in [1.165, 1.54) is 13.0 Å². The van der Waals surface area contributed by atoms with E-state index in [2.05, 4.69) is 10.3 Å². The Morgan fingerprint density at radius 2 is 2.04 bits per heavy atom. The minimum absolute atomic E-state index is 0.0854. The normalized spacial score (nSPS) is 11.9. The van der Waals surface area contributed by atoms with Crippen LogP contribution in [0, 0.1) is 6.92 Å². The largest absolute Gasteiger partial charge is 0.479 e. The van der Waals surface area contributed by atoms with Gasteiger partial charge in [-0.3, -0.25) is 14.9 Å². The number of hydrogen-bond acceptors (Lipinski definition) is 5. The number of benzene rings is 1. The highest BCUT2D eigenvalue weighted by molar-refractivity contribution is 7.17. The van der Waals surface area contributed by atoms with Gasteiger partial charge in [-0.1, -0.05) is 34.5 Å². The molecule has 0 aliphatic heterocycles. The summed E-state index contributed by atoms with van der Waals surface area (Å²) in [6.45, 7) is 4.77. The summed E-state index contributed by atoms with van der Waals surface area (Å²) in [4.78, 5) is 28.3. The first-order valence-corrected chi connectivity index (χ1v) is 8.26. The highest BCUT2D eigenvalue weighted by Crippen LogP contribution is 2.29. The third-order valence-corrected chi connectivity index (χ3v) is 4.62. The van der Waals surface area contributed by atoms with Gasteiger partial charge in [0.2, 0.25) is 0 Å². The van der Waals surface area contributed by atoms with Crippen LogP contribution in [0.1, 0.15) is 29.2 Å². The first kappa shape index (κ1) is 17.7. The lowest BCUT2D eigenvalue weighted by Crippen LogP contribution is -2.30. The van der Waals surface area contributed by atoms with Crippen LogP contribution < -0.4 is 10.1 Å². The molecule has 1 N–H and O–H groups in total. The molecule has 0 saturated carbocycles. The zero-order valence-corrected chi connectivity index (χ0v) is 15.0. The predicted octanol–water partition coefficient (Wildman–Crippen LogP) is 4.37. The van der Waals surface area contributed by atoms with Crippen LogP contribution in [-0.2, 0) is 4.79 Å². The van der Waals surface area contributed by atoms with E-state index in [4.69, 9.17) is 27.9 Å². The Kier molecular flexibility index (Phi) is 5.62. The number of nitrogens with zero attached hydrogens (tertiary/aromatic N) is 1. The van der Waals surface area contributed by atoms with Crippen molar-refractivity contribution < 1.29 is 14.3 Å². The van der Waals surface area contributed by atoms with Gasteiger partial charge in [0.05, 0.1) is 15.6 Å². The van der Waals surface area contributed by atoms with Gasteiger partial charge < -0.3 is 4.74 Å². The number of ketones is 1. The fourth-order valence-electron chi connectivity index (χ4n) is 1.80. The number of carbonyl (C=O) groups excluding carboxylic acids is 2. The average Bonchev–Trinajstić information content (AvgIpc) is 2.82. The van der Waals surface area contributed by atoms with E-state index >= 15 is 0 Å². The summed E-state index contributed by atoms with van der Waals surface area (Å²) in [5, 5.41) is 3.79. The summed E-state index contributed by atoms with van der Waals surface area (Å²) in [5.74, 6) is -0.115. The maximum absolute atomic E-state index is 12.2. The maximum Gasteiger partial charge on any atom is 0.266 e. The molecule has 0 aliphatic rings. The number of thiazole rings is 1. The molecule has 122 valence electrons. The molecule has 0 fully saturated rings. The number of Topliss-reactive ketones (excluding diaryl/α,β-unsaturated/α-hetero) is 1. The Labute approximate surface area is 147 Å². The van der Waals surface area contributed by atoms with Crippen molar-refractivity contribution >= 4 is 51.4 Å². The van der Waals surface area contributed by atoms with Crippen molar-refractivity contribution in [2.45, 2.75) is 26.9 Å². The number of nitrogens with one attached hydrogen (secondary N) is 1. The number of anilines is 1. The summed E-state index contributed by atoms with van der Waals surface area (Å²) in [5.41, 5.74) is 0.590. The van der Waals surface area contributed by atoms with Gasteiger partial charge in [0.1, 0.15) is 5.75 Å². The molecule has 0 saturated heterocycles. The highest BCUT2D eigenvalue weighted by atomic mass is 35.5. The quantitative estimate of drug-likeness (QED) is 0.791. The molecule has 0 unspecified atom stereocenters. The van der Waals surface area contributed by atoms with Gasteiger partial charge in [-0.25, -0.2) is 4.98 Å². The van der Waals surface area contributed by atoms with E-state index in [-0.39, 0.29) is 11.7 Å². The fraction of sp³-hybridized carbons (Fsp3) is 0.267. The molecule has 1 heterocycles. The molecule has 23 heavy (non-hydrogen) atoms. The molecule has 0 radical (unpaired) electrons. The van der Waals surface area contributed by atoms with Crippen LogP contribution in [0.4, 0.5) is 5.13 Å². The molecule has 1 atom stereocenters. The maximum atomic E-state index is 12.2. The topological polar surface area (TPSA) is 68.3 Å². The standard InChI is InChI=1S/C15H14Cl2N2O3S/c1-7-13(8(2)20)23-15(18-7)19-14(21)9(3)22-12-5-4-10(16)6-11(12)17/h4-6,9H,1-3H3,(H,18,19,21)/t9-/m0/s1. The Morgan fingerprint density at radius 3 is 2.61 bits per heavy atom.